The number of aromatic nitrogens is 2. The Labute approximate surface area is 143 Å². The summed E-state index contributed by atoms with van der Waals surface area (Å²) in [7, 11) is 0. The average molecular weight is 377 g/mol. The summed E-state index contributed by atoms with van der Waals surface area (Å²) < 4.78 is 79.2. The Hall–Kier alpha value is -2.52. The van der Waals surface area contributed by atoms with Crippen LogP contribution in [0.25, 0.3) is 5.69 Å². The average Bonchev–Trinajstić information content (AvgIpc) is 3.26. The fourth-order valence-electron chi connectivity index (χ4n) is 2.45. The number of carbonyl (C=O) groups excluding carboxylic acids is 1. The number of hydrogen-bond acceptors (Lipinski definition) is 2. The molecule has 140 valence electrons. The Kier molecular flexibility index (Phi) is 4.45. The molecule has 1 N–H and O–H groups in total. The van der Waals surface area contributed by atoms with Crippen LogP contribution in [0, 0.1) is 5.92 Å². The van der Waals surface area contributed by atoms with E-state index >= 15 is 0 Å². The molecular formula is C16H13F6N3O. The van der Waals surface area contributed by atoms with Crippen LogP contribution in [0.2, 0.25) is 0 Å². The molecule has 10 heteroatoms. The number of alkyl halides is 6. The molecule has 0 radical (unpaired) electrons. The summed E-state index contributed by atoms with van der Waals surface area (Å²) in [4.78, 5) is 12.1. The van der Waals surface area contributed by atoms with Gasteiger partial charge in [0.25, 0.3) is 5.91 Å². The molecule has 0 unspecified atom stereocenters. The molecule has 0 saturated heterocycles. The van der Waals surface area contributed by atoms with Crippen LogP contribution < -0.4 is 5.32 Å². The molecule has 2 aromatic rings. The maximum Gasteiger partial charge on any atom is 0.434 e. The number of amides is 1. The molecule has 1 aliphatic carbocycles. The van der Waals surface area contributed by atoms with Crippen molar-refractivity contribution in [3.63, 3.8) is 0 Å². The van der Waals surface area contributed by atoms with E-state index < -0.39 is 40.8 Å². The molecule has 0 aliphatic heterocycles. The number of nitrogens with zero attached hydrogens (tertiary/aromatic N) is 2. The Morgan fingerprint density at radius 2 is 1.85 bits per heavy atom. The van der Waals surface area contributed by atoms with Gasteiger partial charge in [-0.3, -0.25) is 4.79 Å². The maximum absolute atomic E-state index is 13.5. The lowest BCUT2D eigenvalue weighted by Gasteiger charge is -2.14. The van der Waals surface area contributed by atoms with Crippen molar-refractivity contribution in [2.75, 3.05) is 6.54 Å². The molecule has 1 heterocycles. The van der Waals surface area contributed by atoms with Crippen molar-refractivity contribution < 1.29 is 31.1 Å². The van der Waals surface area contributed by atoms with E-state index in [1.54, 1.807) is 0 Å². The minimum Gasteiger partial charge on any atom is -0.352 e. The van der Waals surface area contributed by atoms with Gasteiger partial charge in [-0.25, -0.2) is 4.68 Å². The molecule has 1 saturated carbocycles. The second-order valence-corrected chi connectivity index (χ2v) is 6.02. The second kappa shape index (κ2) is 6.33. The first kappa shape index (κ1) is 18.3. The molecular weight excluding hydrogens is 364 g/mol. The molecule has 26 heavy (non-hydrogen) atoms. The summed E-state index contributed by atoms with van der Waals surface area (Å²) in [6, 6.07) is 3.33. The van der Waals surface area contributed by atoms with Crippen molar-refractivity contribution >= 4 is 5.91 Å². The van der Waals surface area contributed by atoms with Crippen LogP contribution in [-0.2, 0) is 12.4 Å². The van der Waals surface area contributed by atoms with Gasteiger partial charge in [-0.05, 0) is 37.0 Å². The predicted octanol–water partition coefficient (Wildman–Crippen LogP) is 4.05. The molecule has 0 atom stereocenters. The highest BCUT2D eigenvalue weighted by Gasteiger charge is 2.41. The number of nitrogens with one attached hydrogen (secondary N) is 1. The van der Waals surface area contributed by atoms with Crippen LogP contribution in [0.4, 0.5) is 26.3 Å². The van der Waals surface area contributed by atoms with Crippen molar-refractivity contribution in [2.45, 2.75) is 25.2 Å². The van der Waals surface area contributed by atoms with Crippen LogP contribution in [0.1, 0.15) is 34.5 Å². The smallest absolute Gasteiger partial charge is 0.352 e. The van der Waals surface area contributed by atoms with E-state index in [4.69, 9.17) is 0 Å². The highest BCUT2D eigenvalue weighted by molar-refractivity contribution is 5.95. The second-order valence-electron chi connectivity index (χ2n) is 6.02. The van der Waals surface area contributed by atoms with Crippen molar-refractivity contribution in [3.05, 3.63) is 47.3 Å². The normalized spacial score (nSPS) is 15.2. The zero-order valence-electron chi connectivity index (χ0n) is 13.2. The molecule has 1 aliphatic rings. The van der Waals surface area contributed by atoms with Gasteiger partial charge in [-0.2, -0.15) is 31.4 Å². The van der Waals surface area contributed by atoms with E-state index in [-0.39, 0.29) is 12.5 Å². The third-order valence-electron chi connectivity index (χ3n) is 3.95. The third kappa shape index (κ3) is 3.83. The fourth-order valence-corrected chi connectivity index (χ4v) is 2.45. The van der Waals surface area contributed by atoms with Crippen molar-refractivity contribution in [3.8, 4) is 5.69 Å². The highest BCUT2D eigenvalue weighted by atomic mass is 19.4. The number of rotatable bonds is 4. The minimum absolute atomic E-state index is 0.255. The highest BCUT2D eigenvalue weighted by Crippen LogP contribution is 2.35. The topological polar surface area (TPSA) is 46.9 Å². The fraction of sp³-hybridized carbons (Fsp3) is 0.375. The largest absolute Gasteiger partial charge is 0.434 e. The monoisotopic (exact) mass is 377 g/mol. The van der Waals surface area contributed by atoms with Crippen molar-refractivity contribution in [2.24, 2.45) is 5.92 Å². The quantitative estimate of drug-likeness (QED) is 0.818. The zero-order chi connectivity index (χ0) is 19.1. The van der Waals surface area contributed by atoms with E-state index in [1.807, 2.05) is 0 Å². The van der Waals surface area contributed by atoms with Gasteiger partial charge in [-0.1, -0.05) is 6.07 Å². The van der Waals surface area contributed by atoms with Gasteiger partial charge in [0.15, 0.2) is 5.69 Å². The molecule has 4 nitrogen and oxygen atoms in total. The lowest BCUT2D eigenvalue weighted by atomic mass is 10.1. The van der Waals surface area contributed by atoms with Crippen LogP contribution in [-0.4, -0.2) is 22.2 Å². The summed E-state index contributed by atoms with van der Waals surface area (Å²) in [5.74, 6) is -0.700. The van der Waals surface area contributed by atoms with Gasteiger partial charge in [0, 0.05) is 6.54 Å². The van der Waals surface area contributed by atoms with E-state index in [0.717, 1.165) is 31.0 Å². The van der Waals surface area contributed by atoms with E-state index in [1.165, 1.54) is 0 Å². The van der Waals surface area contributed by atoms with Gasteiger partial charge in [0.1, 0.15) is 0 Å². The Balaban J connectivity index is 2.01. The Morgan fingerprint density at radius 3 is 2.42 bits per heavy atom. The Bertz CT molecular complexity index is 820. The maximum atomic E-state index is 13.5. The molecule has 1 aromatic heterocycles. The summed E-state index contributed by atoms with van der Waals surface area (Å²) in [6.07, 6.45) is -7.18. The predicted molar refractivity (Wildman–Crippen MR) is 78.6 cm³/mol. The lowest BCUT2D eigenvalue weighted by molar-refractivity contribution is -0.143. The summed E-state index contributed by atoms with van der Waals surface area (Å²) in [5.41, 5.74) is -3.69. The third-order valence-corrected chi connectivity index (χ3v) is 3.95. The van der Waals surface area contributed by atoms with Crippen molar-refractivity contribution in [1.82, 2.24) is 15.1 Å². The summed E-state index contributed by atoms with van der Waals surface area (Å²) >= 11 is 0. The van der Waals surface area contributed by atoms with Crippen LogP contribution in [0.3, 0.4) is 0 Å². The molecule has 1 aromatic carbocycles. The number of hydrogen-bond donors (Lipinski definition) is 1. The van der Waals surface area contributed by atoms with Crippen LogP contribution >= 0.6 is 0 Å². The number of carbonyl (C=O) groups is 1. The first-order valence-corrected chi connectivity index (χ1v) is 7.68. The Morgan fingerprint density at radius 1 is 1.15 bits per heavy atom. The first-order chi connectivity index (χ1) is 12.1. The molecule has 0 spiro atoms. The SMILES string of the molecule is O=C(NCC1CC1)c1cnn(-c2cccc(C(F)(F)F)c2)c1C(F)(F)F. The van der Waals surface area contributed by atoms with E-state index in [0.29, 0.717) is 16.9 Å². The van der Waals surface area contributed by atoms with Gasteiger partial charge >= 0.3 is 12.4 Å². The van der Waals surface area contributed by atoms with Gasteiger partial charge < -0.3 is 5.32 Å². The zero-order valence-corrected chi connectivity index (χ0v) is 13.2. The van der Waals surface area contributed by atoms with Crippen molar-refractivity contribution in [1.29, 1.82) is 0 Å². The van der Waals surface area contributed by atoms with E-state index in [9.17, 15) is 31.1 Å². The molecule has 0 bridgehead atoms. The lowest BCUT2D eigenvalue weighted by Crippen LogP contribution is -2.28. The van der Waals surface area contributed by atoms with Gasteiger partial charge in [0.2, 0.25) is 0 Å². The number of halogens is 6. The molecule has 3 rings (SSSR count). The van der Waals surface area contributed by atoms with E-state index in [2.05, 4.69) is 10.4 Å². The van der Waals surface area contributed by atoms with Crippen LogP contribution in [0.15, 0.2) is 30.5 Å². The molecule has 1 amide bonds. The van der Waals surface area contributed by atoms with Gasteiger partial charge in [-0.15, -0.1) is 0 Å². The van der Waals surface area contributed by atoms with Gasteiger partial charge in [0.05, 0.1) is 23.0 Å². The summed E-state index contributed by atoms with van der Waals surface area (Å²) in [6.45, 7) is 0.255. The van der Waals surface area contributed by atoms with Crippen LogP contribution in [0.5, 0.6) is 0 Å². The standard InChI is InChI=1S/C16H13F6N3O/c17-15(18,19)10-2-1-3-11(6-10)25-13(16(20,21)22)12(8-24-25)14(26)23-7-9-4-5-9/h1-3,6,8-9H,4-5,7H2,(H,23,26). The first-order valence-electron chi connectivity index (χ1n) is 7.68. The summed E-state index contributed by atoms with van der Waals surface area (Å²) in [5, 5.41) is 5.91. The number of benzene rings is 1. The molecule has 1 fully saturated rings. The minimum atomic E-state index is -4.98.